The third kappa shape index (κ3) is 8.63. The highest BCUT2D eigenvalue weighted by Crippen LogP contribution is 2.38. The molecule has 0 radical (unpaired) electrons. The first-order valence-electron chi connectivity index (χ1n) is 11.2. The molecule has 0 aromatic heterocycles. The summed E-state index contributed by atoms with van der Waals surface area (Å²) in [6.45, 7) is 2.07. The van der Waals surface area contributed by atoms with Crippen molar-refractivity contribution < 1.29 is 30.4 Å². The second-order valence-electron chi connectivity index (χ2n) is 6.75. The Morgan fingerprint density at radius 3 is 2.52 bits per heavy atom. The quantitative estimate of drug-likeness (QED) is 0.346. The number of unbranched alkanes of at least 4 members (excludes halogenated alkanes) is 2. The highest BCUT2D eigenvalue weighted by molar-refractivity contribution is 5.78. The van der Waals surface area contributed by atoms with Gasteiger partial charge in [-0.2, -0.15) is 0 Å². The molecule has 1 aliphatic rings. The zero-order valence-corrected chi connectivity index (χ0v) is 15.0. The average Bonchev–Trinajstić information content (AvgIpc) is 2.89. The van der Waals surface area contributed by atoms with E-state index in [0.717, 1.165) is 19.3 Å². The van der Waals surface area contributed by atoms with Gasteiger partial charge < -0.3 is 15.3 Å². The van der Waals surface area contributed by atoms with Crippen molar-refractivity contribution in [1.29, 1.82) is 0 Å². The van der Waals surface area contributed by atoms with Crippen LogP contribution in [0.3, 0.4) is 0 Å². The van der Waals surface area contributed by atoms with Crippen molar-refractivity contribution in [1.82, 2.24) is 0 Å². The number of Topliss-reactive ketones (excluding diaryl/α,β-unsaturated/α-hetero) is 1. The molecule has 0 amide bonds. The van der Waals surface area contributed by atoms with E-state index in [1.807, 2.05) is 0 Å². The van der Waals surface area contributed by atoms with Gasteiger partial charge in [0, 0.05) is 24.7 Å². The number of aliphatic hydroxyl groups is 2. The lowest BCUT2D eigenvalue weighted by molar-refractivity contribution is -0.137. The fourth-order valence-corrected chi connectivity index (χ4v) is 3.45. The lowest BCUT2D eigenvalue weighted by atomic mass is 9.86. The number of carboxylic acid groups (broad SMARTS) is 1. The van der Waals surface area contributed by atoms with E-state index in [4.69, 9.17) is 10.6 Å². The van der Waals surface area contributed by atoms with Crippen LogP contribution in [0.1, 0.15) is 82.9 Å². The summed E-state index contributed by atoms with van der Waals surface area (Å²) < 4.78 is 30.1. The molecule has 0 bridgehead atoms. The molecular weight excluding hydrogens is 320 g/mol. The molecule has 25 heavy (non-hydrogen) atoms. The number of hydrogen-bond donors (Lipinski definition) is 3. The van der Waals surface area contributed by atoms with Gasteiger partial charge in [0.2, 0.25) is 0 Å². The molecule has 1 aliphatic carbocycles. The number of aliphatic carboxylic acids is 1. The fraction of sp³-hybridized carbons (Fsp3) is 0.800. The molecule has 0 unspecified atom stereocenters. The largest absolute Gasteiger partial charge is 0.481 e. The number of allylic oxidation sites excluding steroid dienone is 2. The van der Waals surface area contributed by atoms with Gasteiger partial charge in [-0.25, -0.2) is 0 Å². The minimum atomic E-state index is -3.01. The van der Waals surface area contributed by atoms with E-state index in [1.165, 1.54) is 6.08 Å². The van der Waals surface area contributed by atoms with Crippen LogP contribution in [0.15, 0.2) is 12.2 Å². The summed E-state index contributed by atoms with van der Waals surface area (Å²) in [5.74, 6) is -2.20. The predicted octanol–water partition coefficient (Wildman–Crippen LogP) is 3.48. The summed E-state index contributed by atoms with van der Waals surface area (Å²) in [7, 11) is 0. The summed E-state index contributed by atoms with van der Waals surface area (Å²) in [5, 5.41) is 29.3. The second-order valence-corrected chi connectivity index (χ2v) is 6.75. The topological polar surface area (TPSA) is 94.8 Å². The number of carbonyl (C=O) groups is 2. The summed E-state index contributed by atoms with van der Waals surface area (Å²) in [6.07, 6.45) is 0.427. The van der Waals surface area contributed by atoms with Crippen molar-refractivity contribution >= 4 is 11.8 Å². The number of aliphatic hydroxyl groups excluding tert-OH is 2. The standard InChI is InChI=1S/C20H34O5/c1-2-3-6-9-15(21)12-13-17-16(18(22)14-19(17)23)10-7-4-5-8-11-20(24)25/h4,7,16-19,22-23H,2-3,5-6,8-14H2,1H3,(H,24,25)/b7-4-/t16-,17-,18+,19+/m1/s1/i8D2,11D2. The smallest absolute Gasteiger partial charge is 0.303 e. The van der Waals surface area contributed by atoms with Crippen LogP contribution in [0, 0.1) is 11.8 Å². The third-order valence-electron chi connectivity index (χ3n) is 4.83. The molecule has 0 aliphatic heterocycles. The first kappa shape index (κ1) is 16.0. The van der Waals surface area contributed by atoms with Crippen molar-refractivity contribution in [3.8, 4) is 0 Å². The first-order valence-corrected chi connectivity index (χ1v) is 9.20. The number of ketones is 1. The molecule has 0 aromatic carbocycles. The molecule has 1 saturated carbocycles. The van der Waals surface area contributed by atoms with Gasteiger partial charge in [-0.15, -0.1) is 0 Å². The van der Waals surface area contributed by atoms with E-state index < -0.39 is 37.3 Å². The number of hydrogen-bond acceptors (Lipinski definition) is 4. The SMILES string of the molecule is [2H]C([2H])(C/C=C\C[C@@H]1[C@@H](CCC(=O)CCCCC)[C@@H](O)C[C@@H]1O)C([2H])([2H])C(=O)O. The summed E-state index contributed by atoms with van der Waals surface area (Å²) in [6, 6.07) is 0. The van der Waals surface area contributed by atoms with Gasteiger partial charge in [0.25, 0.3) is 0 Å². The zero-order chi connectivity index (χ0) is 22.2. The Balaban J connectivity index is 2.60. The van der Waals surface area contributed by atoms with Crippen molar-refractivity contribution in [2.75, 3.05) is 0 Å². The van der Waals surface area contributed by atoms with Crippen LogP contribution in [-0.4, -0.2) is 39.3 Å². The van der Waals surface area contributed by atoms with E-state index in [2.05, 4.69) is 6.92 Å². The monoisotopic (exact) mass is 358 g/mol. The summed E-state index contributed by atoms with van der Waals surface area (Å²) in [4.78, 5) is 22.9. The third-order valence-corrected chi connectivity index (χ3v) is 4.83. The van der Waals surface area contributed by atoms with Crippen LogP contribution in [-0.2, 0) is 9.59 Å². The van der Waals surface area contributed by atoms with Crippen molar-refractivity contribution in [3.05, 3.63) is 12.2 Å². The molecule has 1 fully saturated rings. The molecule has 5 nitrogen and oxygen atoms in total. The van der Waals surface area contributed by atoms with Gasteiger partial charge in [0.15, 0.2) is 0 Å². The minimum absolute atomic E-state index is 0.158. The zero-order valence-electron chi connectivity index (χ0n) is 19.0. The van der Waals surface area contributed by atoms with Gasteiger partial charge in [0.05, 0.1) is 12.2 Å². The van der Waals surface area contributed by atoms with Gasteiger partial charge >= 0.3 is 5.97 Å². The lowest BCUT2D eigenvalue weighted by Gasteiger charge is -2.22. The van der Waals surface area contributed by atoms with Gasteiger partial charge in [-0.3, -0.25) is 9.59 Å². The minimum Gasteiger partial charge on any atom is -0.481 e. The van der Waals surface area contributed by atoms with Crippen molar-refractivity contribution in [3.63, 3.8) is 0 Å². The Hall–Kier alpha value is -1.20. The molecule has 1 rings (SSSR count). The number of carboxylic acids is 1. The highest BCUT2D eigenvalue weighted by Gasteiger charge is 2.40. The average molecular weight is 359 g/mol. The first-order chi connectivity index (χ1) is 13.4. The van der Waals surface area contributed by atoms with Crippen molar-refractivity contribution in [2.45, 2.75) is 89.7 Å². The number of rotatable bonds is 13. The molecule has 5 heteroatoms. The lowest BCUT2D eigenvalue weighted by Crippen LogP contribution is -2.22. The molecule has 0 heterocycles. The maximum atomic E-state index is 12.0. The molecule has 4 atom stereocenters. The highest BCUT2D eigenvalue weighted by atomic mass is 16.4. The molecule has 0 aromatic rings. The molecular formula is C20H34O5. The second kappa shape index (κ2) is 12.2. The van der Waals surface area contributed by atoms with Crippen LogP contribution >= 0.6 is 0 Å². The molecule has 0 saturated heterocycles. The van der Waals surface area contributed by atoms with Gasteiger partial charge in [0.1, 0.15) is 5.78 Å². The summed E-state index contributed by atoms with van der Waals surface area (Å²) >= 11 is 0. The molecule has 144 valence electrons. The Morgan fingerprint density at radius 2 is 1.84 bits per heavy atom. The maximum Gasteiger partial charge on any atom is 0.303 e. The van der Waals surface area contributed by atoms with E-state index in [0.29, 0.717) is 25.7 Å². The predicted molar refractivity (Wildman–Crippen MR) is 97.2 cm³/mol. The van der Waals surface area contributed by atoms with Gasteiger partial charge in [-0.1, -0.05) is 31.9 Å². The van der Waals surface area contributed by atoms with E-state index in [9.17, 15) is 19.8 Å². The maximum absolute atomic E-state index is 12.0. The van der Waals surface area contributed by atoms with Crippen LogP contribution in [0.5, 0.6) is 0 Å². The Morgan fingerprint density at radius 1 is 1.12 bits per heavy atom. The van der Waals surface area contributed by atoms with E-state index in [1.54, 1.807) is 6.08 Å². The van der Waals surface area contributed by atoms with Crippen LogP contribution in [0.2, 0.25) is 0 Å². The van der Waals surface area contributed by atoms with Gasteiger partial charge in [-0.05, 0) is 50.3 Å². The van der Waals surface area contributed by atoms with E-state index >= 15 is 0 Å². The number of carbonyl (C=O) groups excluding carboxylic acids is 1. The van der Waals surface area contributed by atoms with Crippen LogP contribution in [0.25, 0.3) is 0 Å². The Kier molecular flexibility index (Phi) is 7.81. The van der Waals surface area contributed by atoms with Crippen LogP contribution < -0.4 is 0 Å². The Bertz CT molecular complexity index is 579. The molecule has 3 N–H and O–H groups in total. The van der Waals surface area contributed by atoms with Crippen molar-refractivity contribution in [2.24, 2.45) is 11.8 Å². The molecule has 0 spiro atoms. The summed E-state index contributed by atoms with van der Waals surface area (Å²) in [5.41, 5.74) is 0. The Labute approximate surface area is 156 Å². The van der Waals surface area contributed by atoms with E-state index in [-0.39, 0.29) is 24.0 Å². The van der Waals surface area contributed by atoms with Crippen LogP contribution in [0.4, 0.5) is 0 Å². The normalized spacial score (nSPS) is 29.9. The fourth-order valence-electron chi connectivity index (χ4n) is 3.45.